The largest absolute Gasteiger partial charge is 0.396 e. The van der Waals surface area contributed by atoms with Crippen molar-refractivity contribution in [2.75, 3.05) is 6.61 Å². The van der Waals surface area contributed by atoms with Crippen molar-refractivity contribution >= 4 is 12.2 Å². The molecule has 0 fully saturated rings. The summed E-state index contributed by atoms with van der Waals surface area (Å²) in [5.41, 5.74) is 1.88. The van der Waals surface area contributed by atoms with E-state index in [1.54, 1.807) is 0 Å². The van der Waals surface area contributed by atoms with Gasteiger partial charge in [-0.15, -0.1) is 0 Å². The summed E-state index contributed by atoms with van der Waals surface area (Å²) >= 11 is 0. The monoisotopic (exact) mass is 442 g/mol. The van der Waals surface area contributed by atoms with Crippen LogP contribution in [0.3, 0.4) is 0 Å². The number of hydrogen-bond acceptors (Lipinski definition) is 5. The Bertz CT molecular complexity index is 661. The lowest BCUT2D eigenvalue weighted by Crippen LogP contribution is -1.99. The molecular weight excluding hydrogens is 400 g/mol. The average Bonchev–Trinajstić information content (AvgIpc) is 2.81. The lowest BCUT2D eigenvalue weighted by atomic mass is 9.98. The molecule has 0 unspecified atom stereocenters. The maximum absolute atomic E-state index is 10.6. The molecule has 178 valence electrons. The second-order valence-corrected chi connectivity index (χ2v) is 8.64. The number of aliphatic imine (C=N–C) groups is 2. The molecule has 0 aromatic heterocycles. The van der Waals surface area contributed by atoms with Crippen LogP contribution in [-0.2, 0) is 16.0 Å². The molecule has 0 aliphatic heterocycles. The van der Waals surface area contributed by atoms with E-state index in [4.69, 9.17) is 5.11 Å². The van der Waals surface area contributed by atoms with Gasteiger partial charge in [-0.3, -0.25) is 0 Å². The second-order valence-electron chi connectivity index (χ2n) is 8.64. The highest BCUT2D eigenvalue weighted by Gasteiger charge is 2.12. The molecule has 1 aromatic carbocycles. The molecule has 1 aromatic rings. The molecule has 5 heteroatoms. The van der Waals surface area contributed by atoms with Gasteiger partial charge in [0.15, 0.2) is 6.17 Å². The molecule has 0 amide bonds. The fourth-order valence-electron chi connectivity index (χ4n) is 4.18. The first-order chi connectivity index (χ1) is 15.8. The first kappa shape index (κ1) is 28.0. The van der Waals surface area contributed by atoms with Crippen LogP contribution >= 0.6 is 0 Å². The van der Waals surface area contributed by atoms with Crippen LogP contribution in [0.15, 0.2) is 34.3 Å². The van der Waals surface area contributed by atoms with Crippen molar-refractivity contribution in [2.45, 2.75) is 115 Å². The van der Waals surface area contributed by atoms with Gasteiger partial charge in [-0.1, -0.05) is 114 Å². The van der Waals surface area contributed by atoms with Gasteiger partial charge in [-0.2, -0.15) is 9.98 Å². The minimum Gasteiger partial charge on any atom is -0.396 e. The zero-order valence-electron chi connectivity index (χ0n) is 19.8. The van der Waals surface area contributed by atoms with Crippen LogP contribution < -0.4 is 0 Å². The van der Waals surface area contributed by atoms with Crippen LogP contribution in [0.2, 0.25) is 0 Å². The van der Waals surface area contributed by atoms with Gasteiger partial charge in [0.05, 0.1) is 0 Å². The first-order valence-electron chi connectivity index (χ1n) is 12.7. The summed E-state index contributed by atoms with van der Waals surface area (Å²) in [5, 5.41) is 8.76. The maximum atomic E-state index is 10.6. The molecule has 0 aliphatic carbocycles. The summed E-state index contributed by atoms with van der Waals surface area (Å²) in [5.74, 6) is 0. The number of hydrogen-bond donors (Lipinski definition) is 1. The minimum atomic E-state index is -0.821. The van der Waals surface area contributed by atoms with Gasteiger partial charge in [0.2, 0.25) is 12.2 Å². The average molecular weight is 443 g/mol. The van der Waals surface area contributed by atoms with E-state index in [0.29, 0.717) is 6.61 Å². The van der Waals surface area contributed by atoms with Crippen molar-refractivity contribution in [2.24, 2.45) is 9.98 Å². The number of aliphatic hydroxyl groups excluding tert-OH is 1. The molecule has 0 spiro atoms. The highest BCUT2D eigenvalue weighted by molar-refractivity contribution is 5.41. The van der Waals surface area contributed by atoms with Gasteiger partial charge in [-0.25, -0.2) is 9.59 Å². The number of nitrogens with zero attached hydrogens (tertiary/aromatic N) is 2. The Morgan fingerprint density at radius 3 is 1.47 bits per heavy atom. The highest BCUT2D eigenvalue weighted by Crippen LogP contribution is 2.24. The molecule has 0 saturated carbocycles. The van der Waals surface area contributed by atoms with E-state index < -0.39 is 6.17 Å². The van der Waals surface area contributed by atoms with E-state index in [2.05, 4.69) is 9.98 Å². The van der Waals surface area contributed by atoms with Gasteiger partial charge in [0, 0.05) is 12.2 Å². The zero-order chi connectivity index (χ0) is 23.1. The summed E-state index contributed by atoms with van der Waals surface area (Å²) in [6.07, 6.45) is 23.5. The summed E-state index contributed by atoms with van der Waals surface area (Å²) in [6, 6.07) is 7.71. The van der Waals surface area contributed by atoms with E-state index >= 15 is 0 Å². The molecule has 0 aliphatic rings. The van der Waals surface area contributed by atoms with Gasteiger partial charge in [0.25, 0.3) is 0 Å². The van der Waals surface area contributed by atoms with E-state index in [0.717, 1.165) is 30.4 Å². The quantitative estimate of drug-likeness (QED) is 0.125. The third-order valence-electron chi connectivity index (χ3n) is 6.04. The normalized spacial score (nSPS) is 11.5. The summed E-state index contributed by atoms with van der Waals surface area (Å²) in [7, 11) is 0. The molecule has 0 heterocycles. The number of benzene rings is 1. The number of aryl methyl sites for hydroxylation is 1. The topological polar surface area (TPSA) is 79.1 Å². The number of isocyanates is 2. The fourth-order valence-corrected chi connectivity index (χ4v) is 4.18. The Labute approximate surface area is 194 Å². The van der Waals surface area contributed by atoms with Gasteiger partial charge in [-0.05, 0) is 24.8 Å². The third-order valence-corrected chi connectivity index (χ3v) is 6.04. The summed E-state index contributed by atoms with van der Waals surface area (Å²) in [6.45, 7) is 0.341. The van der Waals surface area contributed by atoms with Gasteiger partial charge in [0.1, 0.15) is 0 Å². The van der Waals surface area contributed by atoms with Crippen molar-refractivity contribution in [3.63, 3.8) is 0 Å². The molecule has 1 N–H and O–H groups in total. The summed E-state index contributed by atoms with van der Waals surface area (Å²) < 4.78 is 0. The predicted octanol–water partition coefficient (Wildman–Crippen LogP) is 7.13. The Balaban J connectivity index is 2.02. The zero-order valence-corrected chi connectivity index (χ0v) is 19.8. The van der Waals surface area contributed by atoms with E-state index in [-0.39, 0.29) is 0 Å². The van der Waals surface area contributed by atoms with Crippen molar-refractivity contribution in [3.8, 4) is 0 Å². The number of carbonyl (C=O) groups excluding carboxylic acids is 2. The van der Waals surface area contributed by atoms with Crippen molar-refractivity contribution in [3.05, 3.63) is 35.4 Å². The number of aliphatic hydroxyl groups is 1. The SMILES string of the molecule is O=C=NC(N=C=O)c1ccccc1CCCCCCCCCCCCCCCCCCO. The summed E-state index contributed by atoms with van der Waals surface area (Å²) in [4.78, 5) is 28.5. The Hall–Kier alpha value is -2.06. The van der Waals surface area contributed by atoms with Crippen LogP contribution in [0.1, 0.15) is 120 Å². The molecule has 32 heavy (non-hydrogen) atoms. The van der Waals surface area contributed by atoms with Crippen molar-refractivity contribution < 1.29 is 14.7 Å². The third kappa shape index (κ3) is 14.1. The molecule has 0 saturated heterocycles. The lowest BCUT2D eigenvalue weighted by Gasteiger charge is -2.11. The van der Waals surface area contributed by atoms with E-state index in [1.165, 1.54) is 102 Å². The lowest BCUT2D eigenvalue weighted by molar-refractivity contribution is 0.282. The first-order valence-corrected chi connectivity index (χ1v) is 12.7. The van der Waals surface area contributed by atoms with Crippen molar-refractivity contribution in [1.29, 1.82) is 0 Å². The van der Waals surface area contributed by atoms with Crippen LogP contribution in [0.4, 0.5) is 0 Å². The molecule has 1 rings (SSSR count). The van der Waals surface area contributed by atoms with Gasteiger partial charge >= 0.3 is 0 Å². The van der Waals surface area contributed by atoms with E-state index in [1.807, 2.05) is 24.3 Å². The Kier molecular flexibility index (Phi) is 18.2. The fraction of sp³-hybridized carbons (Fsp3) is 0.704. The van der Waals surface area contributed by atoms with E-state index in [9.17, 15) is 9.59 Å². The van der Waals surface area contributed by atoms with Crippen LogP contribution in [-0.4, -0.2) is 23.9 Å². The molecule has 0 radical (unpaired) electrons. The van der Waals surface area contributed by atoms with Crippen LogP contribution in [0.5, 0.6) is 0 Å². The predicted molar refractivity (Wildman–Crippen MR) is 130 cm³/mol. The number of unbranched alkanes of at least 4 members (excludes halogenated alkanes) is 15. The number of rotatable bonds is 21. The second kappa shape index (κ2) is 20.8. The minimum absolute atomic E-state index is 0.341. The van der Waals surface area contributed by atoms with Gasteiger partial charge < -0.3 is 5.11 Å². The highest BCUT2D eigenvalue weighted by atomic mass is 16.2. The smallest absolute Gasteiger partial charge is 0.237 e. The molecular formula is C27H42N2O3. The maximum Gasteiger partial charge on any atom is 0.237 e. The van der Waals surface area contributed by atoms with Crippen LogP contribution in [0.25, 0.3) is 0 Å². The molecule has 0 bridgehead atoms. The standard InChI is InChI=1S/C27H42N2O3/c30-22-18-14-12-10-8-6-4-2-1-3-5-7-9-11-13-15-19-25-20-16-17-21-26(25)27(28-23-31)29-24-32/h16-17,20-21,27,30H,1-15,18-19,22H2. The Morgan fingerprint density at radius 1 is 0.625 bits per heavy atom. The Morgan fingerprint density at radius 2 is 1.03 bits per heavy atom. The van der Waals surface area contributed by atoms with Crippen LogP contribution in [0, 0.1) is 0 Å². The van der Waals surface area contributed by atoms with Crippen molar-refractivity contribution in [1.82, 2.24) is 0 Å². The molecule has 5 nitrogen and oxygen atoms in total. The molecule has 0 atom stereocenters.